The Kier molecular flexibility index (Phi) is 5.12. The number of morpholine rings is 1. The first kappa shape index (κ1) is 18.6. The van der Waals surface area contributed by atoms with Crippen LogP contribution in [0.15, 0.2) is 23.1 Å². The van der Waals surface area contributed by atoms with Crippen LogP contribution in [-0.2, 0) is 27.3 Å². The molecule has 10 heteroatoms. The fourth-order valence-corrected chi connectivity index (χ4v) is 3.82. The van der Waals surface area contributed by atoms with Crippen LogP contribution in [0.4, 0.5) is 0 Å². The zero-order valence-electron chi connectivity index (χ0n) is 15.9. The van der Waals surface area contributed by atoms with Gasteiger partial charge in [-0.15, -0.1) is 0 Å². The summed E-state index contributed by atoms with van der Waals surface area (Å²) in [6.45, 7) is 4.86. The zero-order chi connectivity index (χ0) is 19.6. The van der Waals surface area contributed by atoms with Gasteiger partial charge in [-0.25, -0.2) is 4.63 Å². The van der Waals surface area contributed by atoms with Crippen LogP contribution < -0.4 is 0 Å². The highest BCUT2D eigenvalue weighted by Gasteiger charge is 2.41. The number of aromatic nitrogens is 4. The van der Waals surface area contributed by atoms with Crippen LogP contribution in [0, 0.1) is 6.92 Å². The van der Waals surface area contributed by atoms with Crippen molar-refractivity contribution >= 4 is 11.8 Å². The van der Waals surface area contributed by atoms with Crippen molar-refractivity contribution in [1.29, 1.82) is 0 Å². The summed E-state index contributed by atoms with van der Waals surface area (Å²) in [5.74, 6) is 0.0509. The highest BCUT2D eigenvalue weighted by Crippen LogP contribution is 2.30. The van der Waals surface area contributed by atoms with Gasteiger partial charge in [0.1, 0.15) is 17.9 Å². The van der Waals surface area contributed by atoms with E-state index in [4.69, 9.17) is 4.74 Å². The lowest BCUT2D eigenvalue weighted by Crippen LogP contribution is -2.59. The molecular weight excluding hydrogens is 364 g/mol. The molecular formula is C18H24N6O4. The van der Waals surface area contributed by atoms with Gasteiger partial charge in [0.05, 0.1) is 18.6 Å². The number of hydrogen-bond donors (Lipinski definition) is 0. The maximum Gasteiger partial charge on any atom is 0.244 e. The minimum absolute atomic E-state index is 0.00124. The van der Waals surface area contributed by atoms with Crippen LogP contribution in [0.2, 0.25) is 0 Å². The van der Waals surface area contributed by atoms with Crippen LogP contribution in [0.1, 0.15) is 24.2 Å². The number of piperidine rings is 1. The second-order valence-corrected chi connectivity index (χ2v) is 7.40. The molecule has 2 fully saturated rings. The second-order valence-electron chi connectivity index (χ2n) is 7.40. The molecule has 2 aliphatic heterocycles. The van der Waals surface area contributed by atoms with E-state index in [-0.39, 0.29) is 30.4 Å². The molecule has 0 bridgehead atoms. The monoisotopic (exact) mass is 388 g/mol. The summed E-state index contributed by atoms with van der Waals surface area (Å²) in [4.78, 5) is 28.8. The molecule has 0 aliphatic carbocycles. The molecule has 0 saturated carbocycles. The first-order valence-electron chi connectivity index (χ1n) is 9.50. The fraction of sp³-hybridized carbons (Fsp3) is 0.611. The van der Waals surface area contributed by atoms with Gasteiger partial charge in [0.25, 0.3) is 0 Å². The van der Waals surface area contributed by atoms with E-state index in [0.717, 1.165) is 0 Å². The summed E-state index contributed by atoms with van der Waals surface area (Å²) in [5, 5.41) is 11.6. The number of nitrogens with zero attached hydrogens (tertiary/aromatic N) is 6. The third-order valence-electron chi connectivity index (χ3n) is 5.55. The maximum absolute atomic E-state index is 12.7. The zero-order valence-corrected chi connectivity index (χ0v) is 15.9. The molecule has 1 spiro atoms. The van der Waals surface area contributed by atoms with E-state index in [2.05, 4.69) is 20.0 Å². The summed E-state index contributed by atoms with van der Waals surface area (Å²) in [7, 11) is 0. The number of carbonyl (C=O) groups is 2. The van der Waals surface area contributed by atoms with E-state index in [0.29, 0.717) is 57.0 Å². The molecule has 150 valence electrons. The standard InChI is InChI=1S/C18H24N6O4/c1-14-15(21-28-20-14)11-16(25)23-9-10-27-18(13-23)3-7-22(8-4-18)17(26)12-24-6-2-5-19-24/h2,5-6H,3-4,7-13H2,1H3. The lowest BCUT2D eigenvalue weighted by molar-refractivity contribution is -0.163. The number of carbonyl (C=O) groups excluding carboxylic acids is 2. The van der Waals surface area contributed by atoms with Crippen LogP contribution in [0.5, 0.6) is 0 Å². The molecule has 2 saturated heterocycles. The van der Waals surface area contributed by atoms with Gasteiger partial charge in [0, 0.05) is 38.6 Å². The SMILES string of the molecule is Cc1nonc1CC(=O)N1CCOC2(CCN(C(=O)Cn3cccn3)CC2)C1. The molecule has 0 radical (unpaired) electrons. The molecule has 4 heterocycles. The predicted octanol–water partition coefficient (Wildman–Crippen LogP) is 0.0372. The van der Waals surface area contributed by atoms with Gasteiger partial charge in [-0.05, 0) is 25.8 Å². The minimum Gasteiger partial charge on any atom is -0.371 e. The Morgan fingerprint density at radius 2 is 1.96 bits per heavy atom. The molecule has 0 N–H and O–H groups in total. The Morgan fingerprint density at radius 1 is 1.14 bits per heavy atom. The van der Waals surface area contributed by atoms with E-state index < -0.39 is 0 Å². The summed E-state index contributed by atoms with van der Waals surface area (Å²) >= 11 is 0. The summed E-state index contributed by atoms with van der Waals surface area (Å²) < 4.78 is 12.4. The van der Waals surface area contributed by atoms with Crippen molar-refractivity contribution in [3.63, 3.8) is 0 Å². The summed E-state index contributed by atoms with van der Waals surface area (Å²) in [5.41, 5.74) is 0.831. The van der Waals surface area contributed by atoms with Gasteiger partial charge in [0.2, 0.25) is 11.8 Å². The van der Waals surface area contributed by atoms with Gasteiger partial charge in [-0.3, -0.25) is 14.3 Å². The lowest BCUT2D eigenvalue weighted by atomic mass is 9.89. The third-order valence-corrected chi connectivity index (χ3v) is 5.55. The van der Waals surface area contributed by atoms with Crippen molar-refractivity contribution in [3.05, 3.63) is 29.8 Å². The average Bonchev–Trinajstić information content (AvgIpc) is 3.34. The third kappa shape index (κ3) is 3.91. The number of aryl methyl sites for hydroxylation is 1. The second kappa shape index (κ2) is 7.70. The van der Waals surface area contributed by atoms with Gasteiger partial charge in [0.15, 0.2) is 0 Å². The highest BCUT2D eigenvalue weighted by atomic mass is 16.6. The summed E-state index contributed by atoms with van der Waals surface area (Å²) in [6.07, 6.45) is 5.05. The quantitative estimate of drug-likeness (QED) is 0.728. The first-order chi connectivity index (χ1) is 13.5. The van der Waals surface area contributed by atoms with Crippen LogP contribution in [0.3, 0.4) is 0 Å². The van der Waals surface area contributed by atoms with Crippen LogP contribution in [0.25, 0.3) is 0 Å². The van der Waals surface area contributed by atoms with Gasteiger partial charge < -0.3 is 14.5 Å². The Morgan fingerprint density at radius 3 is 2.64 bits per heavy atom. The molecule has 10 nitrogen and oxygen atoms in total. The highest BCUT2D eigenvalue weighted by molar-refractivity contribution is 5.79. The molecule has 2 aliphatic rings. The Bertz CT molecular complexity index is 825. The largest absolute Gasteiger partial charge is 0.371 e. The van der Waals surface area contributed by atoms with Crippen molar-refractivity contribution < 1.29 is 19.0 Å². The topological polar surface area (TPSA) is 107 Å². The van der Waals surface area contributed by atoms with Crippen molar-refractivity contribution in [1.82, 2.24) is 29.9 Å². The molecule has 4 rings (SSSR count). The van der Waals surface area contributed by atoms with E-state index in [9.17, 15) is 9.59 Å². The molecule has 2 aromatic heterocycles. The van der Waals surface area contributed by atoms with Gasteiger partial charge in [-0.1, -0.05) is 10.3 Å². The van der Waals surface area contributed by atoms with Crippen molar-refractivity contribution in [2.45, 2.75) is 38.3 Å². The molecule has 2 amide bonds. The van der Waals surface area contributed by atoms with E-state index in [1.807, 2.05) is 9.80 Å². The van der Waals surface area contributed by atoms with Gasteiger partial charge >= 0.3 is 0 Å². The summed E-state index contributed by atoms with van der Waals surface area (Å²) in [6, 6.07) is 1.80. The normalized spacial score (nSPS) is 19.2. The fourth-order valence-electron chi connectivity index (χ4n) is 3.82. The smallest absolute Gasteiger partial charge is 0.244 e. The Hall–Kier alpha value is -2.75. The maximum atomic E-state index is 12.7. The molecule has 2 aromatic rings. The first-order valence-corrected chi connectivity index (χ1v) is 9.50. The lowest BCUT2D eigenvalue weighted by Gasteiger charge is -2.47. The van der Waals surface area contributed by atoms with E-state index in [1.165, 1.54) is 0 Å². The molecule has 0 unspecified atom stereocenters. The number of likely N-dealkylation sites (tertiary alicyclic amines) is 1. The average molecular weight is 388 g/mol. The molecule has 28 heavy (non-hydrogen) atoms. The minimum atomic E-state index is -0.381. The number of hydrogen-bond acceptors (Lipinski definition) is 7. The number of rotatable bonds is 4. The molecule has 0 aromatic carbocycles. The van der Waals surface area contributed by atoms with E-state index >= 15 is 0 Å². The Balaban J connectivity index is 1.32. The van der Waals surface area contributed by atoms with Crippen LogP contribution >= 0.6 is 0 Å². The van der Waals surface area contributed by atoms with Crippen molar-refractivity contribution in [2.24, 2.45) is 0 Å². The van der Waals surface area contributed by atoms with Crippen LogP contribution in [-0.4, -0.2) is 80.1 Å². The van der Waals surface area contributed by atoms with Crippen molar-refractivity contribution in [2.75, 3.05) is 32.8 Å². The molecule has 0 atom stereocenters. The predicted molar refractivity (Wildman–Crippen MR) is 96.0 cm³/mol. The van der Waals surface area contributed by atoms with Crippen molar-refractivity contribution in [3.8, 4) is 0 Å². The van der Waals surface area contributed by atoms with E-state index in [1.54, 1.807) is 30.1 Å². The Labute approximate surface area is 162 Å². The van der Waals surface area contributed by atoms with Gasteiger partial charge in [-0.2, -0.15) is 5.10 Å². The number of ether oxygens (including phenoxy) is 1. The number of amides is 2.